The molecule has 0 aliphatic heterocycles. The summed E-state index contributed by atoms with van der Waals surface area (Å²) in [5.41, 5.74) is 0.651. The molecule has 28 heavy (non-hydrogen) atoms. The molecule has 7 heteroatoms. The van der Waals surface area contributed by atoms with Crippen LogP contribution in [0, 0.1) is 17.8 Å². The van der Waals surface area contributed by atoms with Crippen LogP contribution in [0.1, 0.15) is 73.2 Å². The van der Waals surface area contributed by atoms with Gasteiger partial charge in [0.15, 0.2) is 0 Å². The first kappa shape index (κ1) is 17.6. The number of carbonyl (C=O) groups excluding carboxylic acids is 1. The van der Waals surface area contributed by atoms with Crippen molar-refractivity contribution in [3.05, 3.63) is 45.9 Å². The minimum absolute atomic E-state index is 0.0198. The molecule has 2 aromatic rings. The number of amides is 1. The Labute approximate surface area is 163 Å². The number of carbonyl (C=O) groups is 1. The molecule has 4 aliphatic rings. The van der Waals surface area contributed by atoms with Gasteiger partial charge in [0.2, 0.25) is 0 Å². The second-order valence-corrected chi connectivity index (χ2v) is 9.31. The van der Waals surface area contributed by atoms with E-state index in [0.717, 1.165) is 48.4 Å². The van der Waals surface area contributed by atoms with Gasteiger partial charge < -0.3 is 10.3 Å². The molecule has 0 aromatic carbocycles. The van der Waals surface area contributed by atoms with Crippen LogP contribution in [-0.2, 0) is 12.5 Å². The van der Waals surface area contributed by atoms with Crippen molar-refractivity contribution in [3.63, 3.8) is 0 Å². The molecular formula is C21H27N5O2. The molecule has 2 heterocycles. The molecule has 0 saturated heterocycles. The van der Waals surface area contributed by atoms with E-state index in [1.165, 1.54) is 25.5 Å². The standard InChI is InChI=1S/C21H27N5O2/c1-12(16-9-23-26(2)11-16)24-18(27)17-10-22-20(25-19(17)28)21-6-13-3-14(7-21)5-15(4-13)8-21/h9-15H,3-8H2,1-2H3,(H,24,27)(H,22,25,28)/t12-,13?,14?,15?,21?/m0/s1. The van der Waals surface area contributed by atoms with Crippen molar-refractivity contribution >= 4 is 5.91 Å². The van der Waals surface area contributed by atoms with Gasteiger partial charge in [-0.3, -0.25) is 14.3 Å². The Morgan fingerprint density at radius 1 is 1.21 bits per heavy atom. The van der Waals surface area contributed by atoms with Gasteiger partial charge in [-0.05, 0) is 63.2 Å². The summed E-state index contributed by atoms with van der Waals surface area (Å²) in [5, 5.41) is 6.99. The third kappa shape index (κ3) is 2.88. The average molecular weight is 381 g/mol. The van der Waals surface area contributed by atoms with E-state index >= 15 is 0 Å². The number of aryl methyl sites for hydroxylation is 1. The van der Waals surface area contributed by atoms with Crippen LogP contribution in [-0.4, -0.2) is 25.7 Å². The first-order valence-corrected chi connectivity index (χ1v) is 10.3. The fraction of sp³-hybridized carbons (Fsp3) is 0.619. The fourth-order valence-corrected chi connectivity index (χ4v) is 6.25. The lowest BCUT2D eigenvalue weighted by molar-refractivity contribution is -0.00954. The number of hydrogen-bond donors (Lipinski definition) is 2. The maximum absolute atomic E-state index is 12.7. The Hall–Kier alpha value is -2.44. The highest BCUT2D eigenvalue weighted by Crippen LogP contribution is 2.59. The van der Waals surface area contributed by atoms with Crippen LogP contribution in [0.3, 0.4) is 0 Å². The summed E-state index contributed by atoms with van der Waals surface area (Å²) in [6.07, 6.45) is 12.5. The first-order valence-electron chi connectivity index (χ1n) is 10.3. The Morgan fingerprint density at radius 2 is 1.86 bits per heavy atom. The zero-order valence-corrected chi connectivity index (χ0v) is 16.4. The minimum atomic E-state index is -0.401. The van der Waals surface area contributed by atoms with Crippen molar-refractivity contribution in [3.8, 4) is 0 Å². The lowest BCUT2D eigenvalue weighted by Gasteiger charge is -2.56. The molecule has 148 valence electrons. The Bertz CT molecular complexity index is 940. The molecule has 2 N–H and O–H groups in total. The molecular weight excluding hydrogens is 354 g/mol. The Kier molecular flexibility index (Phi) is 3.96. The SMILES string of the molecule is C[C@H](NC(=O)c1cnc(C23CC4CC(CC(C4)C2)C3)[nH]c1=O)c1cnn(C)c1. The van der Waals surface area contributed by atoms with Gasteiger partial charge in [-0.25, -0.2) is 4.98 Å². The average Bonchev–Trinajstić information content (AvgIpc) is 3.07. The highest BCUT2D eigenvalue weighted by atomic mass is 16.2. The number of nitrogens with one attached hydrogen (secondary N) is 2. The summed E-state index contributed by atoms with van der Waals surface area (Å²) < 4.78 is 1.69. The van der Waals surface area contributed by atoms with Gasteiger partial charge in [0, 0.05) is 30.4 Å². The van der Waals surface area contributed by atoms with Crippen LogP contribution in [0.4, 0.5) is 0 Å². The third-order valence-electron chi connectivity index (χ3n) is 7.16. The Balaban J connectivity index is 1.37. The molecule has 4 bridgehead atoms. The van der Waals surface area contributed by atoms with Crippen molar-refractivity contribution < 1.29 is 4.79 Å². The summed E-state index contributed by atoms with van der Waals surface area (Å²) >= 11 is 0. The molecule has 2 aromatic heterocycles. The zero-order chi connectivity index (χ0) is 19.5. The second kappa shape index (κ2) is 6.29. The maximum atomic E-state index is 12.7. The number of H-pyrrole nitrogens is 1. The molecule has 4 fully saturated rings. The van der Waals surface area contributed by atoms with Crippen LogP contribution in [0.2, 0.25) is 0 Å². The van der Waals surface area contributed by atoms with Crippen LogP contribution in [0.15, 0.2) is 23.4 Å². The van der Waals surface area contributed by atoms with E-state index in [2.05, 4.69) is 20.4 Å². The predicted octanol–water partition coefficient (Wildman–Crippen LogP) is 2.46. The van der Waals surface area contributed by atoms with Crippen LogP contribution < -0.4 is 10.9 Å². The van der Waals surface area contributed by atoms with Gasteiger partial charge >= 0.3 is 0 Å². The fourth-order valence-electron chi connectivity index (χ4n) is 6.25. The topological polar surface area (TPSA) is 92.7 Å². The molecule has 0 spiro atoms. The summed E-state index contributed by atoms with van der Waals surface area (Å²) in [7, 11) is 1.83. The van der Waals surface area contributed by atoms with Gasteiger partial charge in [0.05, 0.1) is 12.2 Å². The van der Waals surface area contributed by atoms with Crippen molar-refractivity contribution in [2.75, 3.05) is 0 Å². The normalized spacial score (nSPS) is 31.7. The van der Waals surface area contributed by atoms with E-state index in [4.69, 9.17) is 0 Å². The zero-order valence-electron chi connectivity index (χ0n) is 16.4. The van der Waals surface area contributed by atoms with Gasteiger partial charge in [-0.15, -0.1) is 0 Å². The van der Waals surface area contributed by atoms with E-state index in [0.29, 0.717) is 0 Å². The van der Waals surface area contributed by atoms with Crippen LogP contribution in [0.25, 0.3) is 0 Å². The maximum Gasteiger partial charge on any atom is 0.263 e. The monoisotopic (exact) mass is 381 g/mol. The number of rotatable bonds is 4. The lowest BCUT2D eigenvalue weighted by atomic mass is 9.49. The highest BCUT2D eigenvalue weighted by molar-refractivity contribution is 5.93. The number of aromatic nitrogens is 4. The predicted molar refractivity (Wildman–Crippen MR) is 104 cm³/mol. The quantitative estimate of drug-likeness (QED) is 0.851. The summed E-state index contributed by atoms with van der Waals surface area (Å²) in [4.78, 5) is 32.9. The van der Waals surface area contributed by atoms with E-state index < -0.39 is 5.91 Å². The van der Waals surface area contributed by atoms with Crippen molar-refractivity contribution in [2.24, 2.45) is 24.8 Å². The summed E-state index contributed by atoms with van der Waals surface area (Å²) in [5.74, 6) is 2.73. The smallest absolute Gasteiger partial charge is 0.263 e. The minimum Gasteiger partial charge on any atom is -0.345 e. The lowest BCUT2D eigenvalue weighted by Crippen LogP contribution is -2.50. The number of aromatic amines is 1. The highest BCUT2D eigenvalue weighted by Gasteiger charge is 2.52. The second-order valence-electron chi connectivity index (χ2n) is 9.31. The van der Waals surface area contributed by atoms with E-state index in [1.807, 2.05) is 20.2 Å². The molecule has 6 rings (SSSR count). The molecule has 4 aliphatic carbocycles. The van der Waals surface area contributed by atoms with Gasteiger partial charge in [-0.2, -0.15) is 5.10 Å². The Morgan fingerprint density at radius 3 is 2.39 bits per heavy atom. The van der Waals surface area contributed by atoms with Crippen molar-refractivity contribution in [2.45, 2.75) is 56.9 Å². The first-order chi connectivity index (χ1) is 13.4. The number of nitrogens with zero attached hydrogens (tertiary/aromatic N) is 3. The largest absolute Gasteiger partial charge is 0.345 e. The number of hydrogen-bond acceptors (Lipinski definition) is 4. The third-order valence-corrected chi connectivity index (χ3v) is 7.16. The summed E-state index contributed by atoms with van der Waals surface area (Å²) in [6, 6.07) is -0.233. The molecule has 0 unspecified atom stereocenters. The molecule has 4 saturated carbocycles. The van der Waals surface area contributed by atoms with Crippen LogP contribution in [0.5, 0.6) is 0 Å². The molecule has 1 atom stereocenters. The van der Waals surface area contributed by atoms with E-state index in [9.17, 15) is 9.59 Å². The van der Waals surface area contributed by atoms with Crippen LogP contribution >= 0.6 is 0 Å². The van der Waals surface area contributed by atoms with Crippen molar-refractivity contribution in [1.29, 1.82) is 0 Å². The van der Waals surface area contributed by atoms with E-state index in [1.54, 1.807) is 10.9 Å². The molecule has 1 amide bonds. The summed E-state index contributed by atoms with van der Waals surface area (Å²) in [6.45, 7) is 1.88. The van der Waals surface area contributed by atoms with Gasteiger partial charge in [0.25, 0.3) is 11.5 Å². The van der Waals surface area contributed by atoms with Gasteiger partial charge in [-0.1, -0.05) is 0 Å². The molecule has 7 nitrogen and oxygen atoms in total. The van der Waals surface area contributed by atoms with Gasteiger partial charge in [0.1, 0.15) is 11.4 Å². The molecule has 0 radical (unpaired) electrons. The van der Waals surface area contributed by atoms with E-state index in [-0.39, 0.29) is 22.6 Å². The van der Waals surface area contributed by atoms with Crippen molar-refractivity contribution in [1.82, 2.24) is 25.1 Å².